The number of amides is 1. The Hall–Kier alpha value is -1.89. The molecule has 3 rings (SSSR count). The lowest BCUT2D eigenvalue weighted by Crippen LogP contribution is -2.36. The van der Waals surface area contributed by atoms with E-state index in [-0.39, 0.29) is 18.3 Å². The molecule has 0 atom stereocenters. The van der Waals surface area contributed by atoms with E-state index >= 15 is 0 Å². The van der Waals surface area contributed by atoms with Crippen molar-refractivity contribution >= 4 is 17.2 Å². The minimum Gasteiger partial charge on any atom is -0.387 e. The maximum Gasteiger partial charge on any atom is 0.437 e. The van der Waals surface area contributed by atoms with Gasteiger partial charge >= 0.3 is 5.76 Å². The first-order valence-corrected chi connectivity index (χ1v) is 8.01. The largest absolute Gasteiger partial charge is 0.437 e. The van der Waals surface area contributed by atoms with Gasteiger partial charge in [0.2, 0.25) is 5.91 Å². The Bertz CT molecular complexity index is 651. The normalized spacial score (nSPS) is 15.9. The Labute approximate surface area is 126 Å². The van der Waals surface area contributed by atoms with Gasteiger partial charge in [0.15, 0.2) is 0 Å². The van der Waals surface area contributed by atoms with Crippen LogP contribution in [0, 0.1) is 0 Å². The Kier molecular flexibility index (Phi) is 4.19. The Morgan fingerprint density at radius 2 is 2.05 bits per heavy atom. The second kappa shape index (κ2) is 6.26. The maximum absolute atomic E-state index is 12.3. The zero-order valence-electron chi connectivity index (χ0n) is 11.7. The number of aromatic nitrogens is 2. The molecule has 0 unspecified atom stereocenters. The van der Waals surface area contributed by atoms with E-state index in [4.69, 9.17) is 4.42 Å². The second-order valence-electron chi connectivity index (χ2n) is 5.10. The number of hydrogen-bond acceptors (Lipinski definition) is 5. The van der Waals surface area contributed by atoms with E-state index in [9.17, 15) is 9.59 Å². The molecule has 0 N–H and O–H groups in total. The van der Waals surface area contributed by atoms with Crippen LogP contribution in [0.15, 0.2) is 26.7 Å². The fourth-order valence-electron chi connectivity index (χ4n) is 2.45. The summed E-state index contributed by atoms with van der Waals surface area (Å²) in [5, 5.41) is 6.00. The first-order chi connectivity index (χ1) is 10.2. The third-order valence-electron chi connectivity index (χ3n) is 3.58. The van der Waals surface area contributed by atoms with Gasteiger partial charge in [-0.05, 0) is 24.3 Å². The number of thiophene rings is 1. The third kappa shape index (κ3) is 3.24. The van der Waals surface area contributed by atoms with Crippen molar-refractivity contribution in [2.24, 2.45) is 0 Å². The highest BCUT2D eigenvalue weighted by Gasteiger charge is 2.19. The van der Waals surface area contributed by atoms with Crippen molar-refractivity contribution in [2.75, 3.05) is 13.1 Å². The van der Waals surface area contributed by atoms with E-state index in [2.05, 4.69) is 5.10 Å². The number of hydrogen-bond donors (Lipinski definition) is 0. The van der Waals surface area contributed by atoms with E-state index < -0.39 is 5.76 Å². The molecule has 1 fully saturated rings. The zero-order valence-corrected chi connectivity index (χ0v) is 12.5. The van der Waals surface area contributed by atoms with Crippen molar-refractivity contribution in [3.05, 3.63) is 28.1 Å². The number of carbonyl (C=O) groups is 1. The van der Waals surface area contributed by atoms with Gasteiger partial charge in [-0.1, -0.05) is 18.9 Å². The predicted octanol–water partition coefficient (Wildman–Crippen LogP) is 1.97. The molecule has 2 aromatic rings. The van der Waals surface area contributed by atoms with Gasteiger partial charge in [0, 0.05) is 13.1 Å². The van der Waals surface area contributed by atoms with Crippen LogP contribution >= 0.6 is 11.3 Å². The van der Waals surface area contributed by atoms with Crippen LogP contribution in [0.2, 0.25) is 0 Å². The van der Waals surface area contributed by atoms with E-state index in [0.717, 1.165) is 48.3 Å². The van der Waals surface area contributed by atoms with Gasteiger partial charge in [-0.2, -0.15) is 4.68 Å². The summed E-state index contributed by atoms with van der Waals surface area (Å²) in [6.45, 7) is 1.49. The zero-order chi connectivity index (χ0) is 14.7. The third-order valence-corrected chi connectivity index (χ3v) is 4.44. The minimum atomic E-state index is -0.582. The molecule has 1 aliphatic heterocycles. The van der Waals surface area contributed by atoms with Crippen LogP contribution in [0.25, 0.3) is 10.8 Å². The van der Waals surface area contributed by atoms with E-state index in [1.807, 2.05) is 22.4 Å². The second-order valence-corrected chi connectivity index (χ2v) is 6.05. The molecule has 3 heterocycles. The van der Waals surface area contributed by atoms with Gasteiger partial charge in [0.1, 0.15) is 6.54 Å². The van der Waals surface area contributed by atoms with Crippen molar-refractivity contribution in [1.82, 2.24) is 14.7 Å². The van der Waals surface area contributed by atoms with Crippen molar-refractivity contribution in [3.63, 3.8) is 0 Å². The van der Waals surface area contributed by atoms with Crippen molar-refractivity contribution in [1.29, 1.82) is 0 Å². The quantitative estimate of drug-likeness (QED) is 0.869. The molecular weight excluding hydrogens is 290 g/mol. The van der Waals surface area contributed by atoms with Gasteiger partial charge in [-0.25, -0.2) is 4.79 Å². The lowest BCUT2D eigenvalue weighted by atomic mass is 10.2. The highest BCUT2D eigenvalue weighted by molar-refractivity contribution is 7.13. The summed E-state index contributed by atoms with van der Waals surface area (Å²) < 4.78 is 6.22. The number of rotatable bonds is 3. The summed E-state index contributed by atoms with van der Waals surface area (Å²) >= 11 is 1.44. The molecule has 1 saturated heterocycles. The van der Waals surface area contributed by atoms with Crippen molar-refractivity contribution in [3.8, 4) is 10.8 Å². The van der Waals surface area contributed by atoms with Crippen LogP contribution in [0.1, 0.15) is 25.7 Å². The van der Waals surface area contributed by atoms with Gasteiger partial charge in [0.25, 0.3) is 5.89 Å². The molecule has 112 valence electrons. The summed E-state index contributed by atoms with van der Waals surface area (Å²) in [5.41, 5.74) is 0. The van der Waals surface area contributed by atoms with Crippen LogP contribution < -0.4 is 5.76 Å². The average molecular weight is 307 g/mol. The van der Waals surface area contributed by atoms with Gasteiger partial charge in [0.05, 0.1) is 4.88 Å². The lowest BCUT2D eigenvalue weighted by Gasteiger charge is -2.19. The molecule has 21 heavy (non-hydrogen) atoms. The molecule has 2 aromatic heterocycles. The average Bonchev–Trinajstić information content (AvgIpc) is 3.02. The Morgan fingerprint density at radius 3 is 2.71 bits per heavy atom. The summed E-state index contributed by atoms with van der Waals surface area (Å²) in [6, 6.07) is 3.69. The molecule has 1 amide bonds. The smallest absolute Gasteiger partial charge is 0.387 e. The van der Waals surface area contributed by atoms with Crippen molar-refractivity contribution in [2.45, 2.75) is 32.2 Å². The van der Waals surface area contributed by atoms with Crippen LogP contribution in [-0.4, -0.2) is 33.7 Å². The topological polar surface area (TPSA) is 68.3 Å². The van der Waals surface area contributed by atoms with Crippen LogP contribution in [0.5, 0.6) is 0 Å². The summed E-state index contributed by atoms with van der Waals surface area (Å²) in [4.78, 5) is 26.6. The molecule has 0 spiro atoms. The van der Waals surface area contributed by atoms with Crippen LogP contribution in [0.4, 0.5) is 0 Å². The summed E-state index contributed by atoms with van der Waals surface area (Å²) in [6.07, 6.45) is 4.38. The van der Waals surface area contributed by atoms with Crippen LogP contribution in [-0.2, 0) is 11.3 Å². The first-order valence-electron chi connectivity index (χ1n) is 7.13. The summed E-state index contributed by atoms with van der Waals surface area (Å²) in [5.74, 6) is -0.370. The Morgan fingerprint density at radius 1 is 1.29 bits per heavy atom. The van der Waals surface area contributed by atoms with Gasteiger partial charge < -0.3 is 9.32 Å². The number of carbonyl (C=O) groups excluding carboxylic acids is 1. The fraction of sp³-hybridized carbons (Fsp3) is 0.500. The van der Waals surface area contributed by atoms with Crippen LogP contribution in [0.3, 0.4) is 0 Å². The molecule has 0 saturated carbocycles. The lowest BCUT2D eigenvalue weighted by molar-refractivity contribution is -0.132. The monoisotopic (exact) mass is 307 g/mol. The van der Waals surface area contributed by atoms with E-state index in [1.54, 1.807) is 0 Å². The molecule has 0 aromatic carbocycles. The maximum atomic E-state index is 12.3. The number of likely N-dealkylation sites (tertiary alicyclic amines) is 1. The highest BCUT2D eigenvalue weighted by Crippen LogP contribution is 2.21. The predicted molar refractivity (Wildman–Crippen MR) is 79.1 cm³/mol. The SMILES string of the molecule is O=C(Cn1nc(-c2cccs2)oc1=O)N1CCCCCC1. The fourth-order valence-corrected chi connectivity index (χ4v) is 3.10. The molecule has 7 heteroatoms. The number of nitrogens with zero attached hydrogens (tertiary/aromatic N) is 3. The van der Waals surface area contributed by atoms with E-state index in [1.165, 1.54) is 11.3 Å². The van der Waals surface area contributed by atoms with E-state index in [0.29, 0.717) is 0 Å². The van der Waals surface area contributed by atoms with Gasteiger partial charge in [-0.3, -0.25) is 4.79 Å². The standard InChI is InChI=1S/C14H17N3O3S/c18-12(16-7-3-1-2-4-8-16)10-17-14(19)20-13(15-17)11-6-5-9-21-11/h5-6,9H,1-4,7-8,10H2. The molecular formula is C14H17N3O3S. The highest BCUT2D eigenvalue weighted by atomic mass is 32.1. The van der Waals surface area contributed by atoms with Gasteiger partial charge in [-0.15, -0.1) is 16.4 Å². The Balaban J connectivity index is 1.72. The summed E-state index contributed by atoms with van der Waals surface area (Å²) in [7, 11) is 0. The molecule has 0 bridgehead atoms. The molecule has 0 aliphatic carbocycles. The minimum absolute atomic E-state index is 0.0479. The first kappa shape index (κ1) is 14.1. The molecule has 6 nitrogen and oxygen atoms in total. The molecule has 1 aliphatic rings. The van der Waals surface area contributed by atoms with Crippen molar-refractivity contribution < 1.29 is 9.21 Å². The molecule has 0 radical (unpaired) electrons.